The van der Waals surface area contributed by atoms with E-state index in [-0.39, 0.29) is 17.0 Å². The van der Waals surface area contributed by atoms with Crippen LogP contribution < -0.4 is 10.2 Å². The van der Waals surface area contributed by atoms with E-state index >= 15 is 4.39 Å². The molecule has 2 fully saturated rings. The zero-order valence-corrected chi connectivity index (χ0v) is 26.5. The van der Waals surface area contributed by atoms with Crippen molar-refractivity contribution in [1.29, 1.82) is 0 Å². The highest BCUT2D eigenvalue weighted by molar-refractivity contribution is 5.95. The molecule has 3 aromatic rings. The number of ether oxygens (including phenoxy) is 1. The molecule has 0 radical (unpaired) electrons. The lowest BCUT2D eigenvalue weighted by atomic mass is 9.76. The number of rotatable bonds is 8. The van der Waals surface area contributed by atoms with Crippen molar-refractivity contribution in [2.75, 3.05) is 18.0 Å². The number of hydrogen-bond acceptors (Lipinski definition) is 5. The van der Waals surface area contributed by atoms with Gasteiger partial charge in [-0.1, -0.05) is 49.2 Å². The van der Waals surface area contributed by atoms with Crippen molar-refractivity contribution in [3.63, 3.8) is 0 Å². The van der Waals surface area contributed by atoms with E-state index in [4.69, 9.17) is 9.72 Å². The number of hydrogen-bond donors (Lipinski definition) is 2. The normalized spacial score (nSPS) is 17.1. The molecule has 1 saturated carbocycles. The topological polar surface area (TPSA) is 91.8 Å². The van der Waals surface area contributed by atoms with Crippen molar-refractivity contribution in [2.24, 2.45) is 5.41 Å². The lowest BCUT2D eigenvalue weighted by Crippen LogP contribution is -2.40. The number of carboxylic acids is 1. The van der Waals surface area contributed by atoms with Gasteiger partial charge >= 0.3 is 5.97 Å². The van der Waals surface area contributed by atoms with Crippen molar-refractivity contribution < 1.29 is 23.8 Å². The number of pyridine rings is 1. The van der Waals surface area contributed by atoms with Crippen LogP contribution in [0.15, 0.2) is 48.5 Å². The Kier molecular flexibility index (Phi) is 9.12. The Hall–Kier alpha value is -3.78. The fourth-order valence-corrected chi connectivity index (χ4v) is 6.97. The maximum Gasteiger partial charge on any atom is 0.337 e. The van der Waals surface area contributed by atoms with Gasteiger partial charge in [0, 0.05) is 53.3 Å². The molecule has 1 spiro atoms. The summed E-state index contributed by atoms with van der Waals surface area (Å²) in [5, 5.41) is 13.3. The van der Waals surface area contributed by atoms with E-state index in [1.165, 1.54) is 31.7 Å². The molecule has 1 amide bonds. The van der Waals surface area contributed by atoms with Crippen LogP contribution in [0, 0.1) is 25.1 Å². The summed E-state index contributed by atoms with van der Waals surface area (Å²) < 4.78 is 22.3. The molecular weight excluding hydrogens is 557 g/mol. The number of amides is 1. The van der Waals surface area contributed by atoms with Crippen LogP contribution in [-0.4, -0.2) is 40.7 Å². The summed E-state index contributed by atoms with van der Waals surface area (Å²) in [7, 11) is 0. The number of nitrogens with zero attached hydrogens (tertiary/aromatic N) is 2. The van der Waals surface area contributed by atoms with Gasteiger partial charge in [-0.25, -0.2) is 9.18 Å². The summed E-state index contributed by atoms with van der Waals surface area (Å²) in [6.45, 7) is 10.9. The predicted octanol–water partition coefficient (Wildman–Crippen LogP) is 7.54. The van der Waals surface area contributed by atoms with Gasteiger partial charge < -0.3 is 20.1 Å². The van der Waals surface area contributed by atoms with Crippen LogP contribution >= 0.6 is 0 Å². The Morgan fingerprint density at radius 3 is 2.27 bits per heavy atom. The first-order valence-corrected chi connectivity index (χ1v) is 15.7. The van der Waals surface area contributed by atoms with E-state index in [2.05, 4.69) is 10.2 Å². The minimum Gasteiger partial charge on any atom is -0.479 e. The fraction of sp³-hybridized carbons (Fsp3) is 0.472. The summed E-state index contributed by atoms with van der Waals surface area (Å²) in [6, 6.07) is 14.0. The van der Waals surface area contributed by atoms with E-state index in [0.717, 1.165) is 31.5 Å². The Balaban J connectivity index is 1.57. The van der Waals surface area contributed by atoms with E-state index in [9.17, 15) is 14.7 Å². The predicted molar refractivity (Wildman–Crippen MR) is 170 cm³/mol. The standard InChI is InChI=1S/C36H44FN3O4/c1-23-29(27-14-13-26(21-28(27)37)33(41)38-22-25-11-7-6-8-12-25)31(40-19-17-36(18-20-40)15-9-10-16-36)30(24(2)39-23)32(34(42)43)44-35(3,4)5/h6-8,11-14,21,32H,9-10,15-20,22H2,1-5H3,(H,38,41)(H,42,43). The third kappa shape index (κ3) is 6.80. The number of nitrogens with one attached hydrogen (secondary N) is 1. The monoisotopic (exact) mass is 601 g/mol. The van der Waals surface area contributed by atoms with Gasteiger partial charge in [-0.05, 0) is 83.4 Å². The van der Waals surface area contributed by atoms with Crippen LogP contribution in [0.4, 0.5) is 10.1 Å². The Morgan fingerprint density at radius 2 is 1.68 bits per heavy atom. The van der Waals surface area contributed by atoms with E-state index < -0.39 is 23.5 Å². The molecule has 1 atom stereocenters. The minimum absolute atomic E-state index is 0.210. The summed E-state index contributed by atoms with van der Waals surface area (Å²) in [4.78, 5) is 32.7. The van der Waals surface area contributed by atoms with Crippen LogP contribution in [0.1, 0.15) is 98.3 Å². The number of anilines is 1. The first-order valence-electron chi connectivity index (χ1n) is 15.7. The lowest BCUT2D eigenvalue weighted by molar-refractivity contribution is -0.160. The number of carbonyl (C=O) groups is 2. The van der Waals surface area contributed by atoms with Gasteiger partial charge in [0.1, 0.15) is 5.82 Å². The van der Waals surface area contributed by atoms with Crippen LogP contribution in [-0.2, 0) is 16.1 Å². The maximum absolute atomic E-state index is 16.1. The number of aromatic nitrogens is 1. The Labute approximate surface area is 259 Å². The van der Waals surface area contributed by atoms with Crippen molar-refractivity contribution in [1.82, 2.24) is 10.3 Å². The Bertz CT molecular complexity index is 1520. The second-order valence-electron chi connectivity index (χ2n) is 13.4. The second kappa shape index (κ2) is 12.7. The molecule has 44 heavy (non-hydrogen) atoms. The number of piperidine rings is 1. The number of carbonyl (C=O) groups excluding carboxylic acids is 1. The zero-order valence-electron chi connectivity index (χ0n) is 26.5. The molecule has 1 aliphatic carbocycles. The molecule has 2 aliphatic rings. The van der Waals surface area contributed by atoms with Gasteiger partial charge in [0.05, 0.1) is 11.3 Å². The SMILES string of the molecule is Cc1nc(C)c(C(OC(C)(C)C)C(=O)O)c(N2CCC3(CCCC3)CC2)c1-c1ccc(C(=O)NCc2ccccc2)cc1F. The quantitative estimate of drug-likeness (QED) is 0.277. The van der Waals surface area contributed by atoms with Crippen molar-refractivity contribution in [3.8, 4) is 11.1 Å². The number of aryl methyl sites for hydroxylation is 2. The smallest absolute Gasteiger partial charge is 0.337 e. The first-order chi connectivity index (χ1) is 20.9. The summed E-state index contributed by atoms with van der Waals surface area (Å²) in [6.07, 6.45) is 5.68. The first kappa shape index (κ1) is 31.6. The molecule has 1 aliphatic heterocycles. The minimum atomic E-state index is -1.29. The largest absolute Gasteiger partial charge is 0.479 e. The summed E-state index contributed by atoms with van der Waals surface area (Å²) >= 11 is 0. The highest BCUT2D eigenvalue weighted by Gasteiger charge is 2.40. The Morgan fingerprint density at radius 1 is 1.02 bits per heavy atom. The van der Waals surface area contributed by atoms with Crippen molar-refractivity contribution >= 4 is 17.6 Å². The highest BCUT2D eigenvalue weighted by Crippen LogP contribution is 2.50. The molecule has 0 bridgehead atoms. The average molecular weight is 602 g/mol. The summed E-state index contributed by atoms with van der Waals surface area (Å²) in [5.74, 6) is -2.05. The van der Waals surface area contributed by atoms with E-state index in [1.54, 1.807) is 19.1 Å². The van der Waals surface area contributed by atoms with Gasteiger partial charge in [-0.3, -0.25) is 9.78 Å². The molecule has 2 N–H and O–H groups in total. The fourth-order valence-electron chi connectivity index (χ4n) is 6.97. The number of halogens is 1. The van der Waals surface area contributed by atoms with Gasteiger partial charge in [0.25, 0.3) is 5.91 Å². The molecule has 1 unspecified atom stereocenters. The molecule has 234 valence electrons. The molecule has 2 heterocycles. The van der Waals surface area contributed by atoms with Crippen LogP contribution in [0.5, 0.6) is 0 Å². The van der Waals surface area contributed by atoms with Gasteiger partial charge in [-0.15, -0.1) is 0 Å². The van der Waals surface area contributed by atoms with Gasteiger partial charge in [-0.2, -0.15) is 0 Å². The zero-order chi connectivity index (χ0) is 31.6. The molecule has 2 aromatic carbocycles. The average Bonchev–Trinajstić information content (AvgIpc) is 3.43. The molecule has 1 saturated heterocycles. The number of carboxylic acid groups (broad SMARTS) is 1. The number of aliphatic carboxylic acids is 1. The second-order valence-corrected chi connectivity index (χ2v) is 13.4. The molecule has 7 nitrogen and oxygen atoms in total. The van der Waals surface area contributed by atoms with Gasteiger partial charge in [0.15, 0.2) is 6.10 Å². The van der Waals surface area contributed by atoms with E-state index in [1.807, 2.05) is 58.0 Å². The van der Waals surface area contributed by atoms with Crippen LogP contribution in [0.2, 0.25) is 0 Å². The summed E-state index contributed by atoms with van der Waals surface area (Å²) in [5.41, 5.74) is 3.86. The molecule has 1 aromatic heterocycles. The molecular formula is C36H44FN3O4. The van der Waals surface area contributed by atoms with Crippen molar-refractivity contribution in [2.45, 2.75) is 91.4 Å². The van der Waals surface area contributed by atoms with Crippen LogP contribution in [0.25, 0.3) is 11.1 Å². The lowest BCUT2D eigenvalue weighted by Gasteiger charge is -2.42. The molecule has 5 rings (SSSR count). The van der Waals surface area contributed by atoms with Gasteiger partial charge in [0.2, 0.25) is 0 Å². The van der Waals surface area contributed by atoms with E-state index in [0.29, 0.717) is 40.2 Å². The third-order valence-electron chi connectivity index (χ3n) is 9.14. The third-order valence-corrected chi connectivity index (χ3v) is 9.14. The molecule has 8 heteroatoms. The van der Waals surface area contributed by atoms with Crippen LogP contribution in [0.3, 0.4) is 0 Å². The number of benzene rings is 2. The maximum atomic E-state index is 16.1. The van der Waals surface area contributed by atoms with Crippen molar-refractivity contribution in [3.05, 3.63) is 82.4 Å². The highest BCUT2D eigenvalue weighted by atomic mass is 19.1.